The monoisotopic (exact) mass is 1180 g/mol. The molecule has 11 atom stereocenters. The Morgan fingerprint density at radius 3 is 1.96 bits per heavy atom. The Kier molecular flexibility index (Phi) is 17.9. The third-order valence-corrected chi connectivity index (χ3v) is 14.7. The smallest absolute Gasteiger partial charge is 0.455 e. The van der Waals surface area contributed by atoms with Crippen LogP contribution in [0.5, 0.6) is 0 Å². The van der Waals surface area contributed by atoms with Crippen molar-refractivity contribution in [3.63, 3.8) is 0 Å². The van der Waals surface area contributed by atoms with Crippen LogP contribution in [0.1, 0.15) is 91.4 Å². The van der Waals surface area contributed by atoms with E-state index in [4.69, 9.17) is 117 Å². The van der Waals surface area contributed by atoms with Gasteiger partial charge in [-0.05, 0) is 76.7 Å². The van der Waals surface area contributed by atoms with Gasteiger partial charge in [0.1, 0.15) is 55.4 Å². The topological polar surface area (TPSA) is 281 Å². The minimum Gasteiger partial charge on any atom is -0.455 e. The van der Waals surface area contributed by atoms with E-state index in [1.807, 2.05) is 0 Å². The van der Waals surface area contributed by atoms with Gasteiger partial charge in [0.25, 0.3) is 0 Å². The molecule has 1 aliphatic heterocycles. The minimum absolute atomic E-state index is 0.0726. The maximum atomic E-state index is 16.3. The average molecular weight is 1180 g/mol. The molecule has 4 aliphatic carbocycles. The Labute approximate surface area is 460 Å². The summed E-state index contributed by atoms with van der Waals surface area (Å²) in [4.78, 5) is 113. The second-order valence-electron chi connectivity index (χ2n) is 20.7. The molecule has 0 spiro atoms. The number of halogens is 6. The number of carbonyl (C=O) groups excluding carboxylic acids is 8. The Morgan fingerprint density at radius 2 is 1.45 bits per heavy atom. The van der Waals surface area contributed by atoms with Gasteiger partial charge in [-0.2, -0.15) is 0 Å². The van der Waals surface area contributed by atoms with Gasteiger partial charge in [-0.15, -0.1) is 0 Å². The number of carbonyl (C=O) groups is 8. The van der Waals surface area contributed by atoms with E-state index in [0.717, 1.165) is 6.92 Å². The van der Waals surface area contributed by atoms with Gasteiger partial charge in [-0.3, -0.25) is 9.59 Å². The molecule has 1 aromatic rings. The summed E-state index contributed by atoms with van der Waals surface area (Å²) in [6, 6.07) is 6.10. The van der Waals surface area contributed by atoms with Gasteiger partial charge in [0, 0.05) is 25.2 Å². The Morgan fingerprint density at radius 1 is 0.867 bits per heavy atom. The first-order chi connectivity index (χ1) is 34.6. The standard InChI is InChI=1S/C48H57Cl6NO20/c1-22-26(69-38(61)33(71-29(58)18-56)31(24-14-15-24)55-39(62)75-42(3,4)5)17-46(65)36(73-37(60)25-12-10-9-11-13-25)34-44(8,35(59)32(30(22)43(46,6)7)72-41(64)68-21-48(52,53)54)27(70-40(63)67-20-47(49,50)51)16-28-45(34,19-66-28)74-23(2)57/h9-13,24,26-28,31-34,36,56,65H,14-21H2,1-8H3,(H,55,62)/t26-,27-,28+,31?,32+,33?,34-,36-,44+,45-,46+/m0/s1. The molecule has 2 unspecified atom stereocenters. The number of aliphatic hydroxyl groups excluding tert-OH is 1. The molecule has 3 N–H and O–H groups in total. The fourth-order valence-electron chi connectivity index (χ4n) is 10.6. The number of hydrogen-bond acceptors (Lipinski definition) is 20. The molecule has 1 amide bonds. The van der Waals surface area contributed by atoms with Crippen molar-refractivity contribution in [3.8, 4) is 0 Å². The zero-order valence-electron chi connectivity index (χ0n) is 41.8. The van der Waals surface area contributed by atoms with E-state index in [-0.39, 0.29) is 16.7 Å². The van der Waals surface area contributed by atoms with E-state index in [1.54, 1.807) is 26.8 Å². The number of rotatable bonds is 14. The van der Waals surface area contributed by atoms with Crippen molar-refractivity contribution in [2.45, 2.75) is 148 Å². The molecular weight excluding hydrogens is 1120 g/mol. The summed E-state index contributed by atoms with van der Waals surface area (Å²) in [7, 11) is 0. The lowest BCUT2D eigenvalue weighted by Gasteiger charge is -2.67. The summed E-state index contributed by atoms with van der Waals surface area (Å²) < 4.78 is 53.4. The van der Waals surface area contributed by atoms with Crippen LogP contribution in [-0.4, -0.2) is 152 Å². The number of alkyl carbamates (subject to hydrolysis) is 1. The average Bonchev–Trinajstić information content (AvgIpc) is 4.14. The number of amides is 1. The normalized spacial score (nSPS) is 29.9. The molecule has 2 bridgehead atoms. The van der Waals surface area contributed by atoms with E-state index in [9.17, 15) is 43.8 Å². The molecule has 21 nitrogen and oxygen atoms in total. The van der Waals surface area contributed by atoms with Crippen molar-refractivity contribution < 1.29 is 95.9 Å². The van der Waals surface area contributed by atoms with Gasteiger partial charge in [0.05, 0.1) is 29.5 Å². The third kappa shape index (κ3) is 13.1. The predicted octanol–water partition coefficient (Wildman–Crippen LogP) is 6.90. The maximum absolute atomic E-state index is 16.3. The van der Waals surface area contributed by atoms with Crippen LogP contribution in [0.15, 0.2) is 41.5 Å². The van der Waals surface area contributed by atoms with Gasteiger partial charge in [0.15, 0.2) is 17.5 Å². The Hall–Kier alpha value is -4.06. The number of ether oxygens (including phenoxy) is 10. The highest BCUT2D eigenvalue weighted by Crippen LogP contribution is 2.65. The highest BCUT2D eigenvalue weighted by Gasteiger charge is 2.79. The van der Waals surface area contributed by atoms with Gasteiger partial charge in [0.2, 0.25) is 13.7 Å². The predicted molar refractivity (Wildman–Crippen MR) is 263 cm³/mol. The van der Waals surface area contributed by atoms with Crippen LogP contribution in [0.3, 0.4) is 0 Å². The molecule has 416 valence electrons. The maximum Gasteiger partial charge on any atom is 0.509 e. The molecule has 5 aliphatic rings. The zero-order chi connectivity index (χ0) is 56.0. The molecule has 27 heteroatoms. The van der Waals surface area contributed by atoms with Crippen LogP contribution in [0, 0.1) is 22.7 Å². The number of hydrogen-bond donors (Lipinski definition) is 3. The number of alkyl halides is 6. The molecule has 6 rings (SSSR count). The van der Waals surface area contributed by atoms with Crippen molar-refractivity contribution >= 4 is 118 Å². The molecule has 1 heterocycles. The summed E-state index contributed by atoms with van der Waals surface area (Å²) in [5, 5.41) is 26.5. The first-order valence-corrected chi connectivity index (χ1v) is 25.7. The van der Waals surface area contributed by atoms with Crippen molar-refractivity contribution in [1.29, 1.82) is 0 Å². The molecule has 1 saturated heterocycles. The third-order valence-electron chi connectivity index (χ3n) is 14.0. The van der Waals surface area contributed by atoms with Crippen LogP contribution >= 0.6 is 69.6 Å². The Balaban J connectivity index is 1.62. The van der Waals surface area contributed by atoms with Crippen molar-refractivity contribution in [2.24, 2.45) is 22.7 Å². The summed E-state index contributed by atoms with van der Waals surface area (Å²) in [6.07, 6.45) is -15.7. The molecule has 4 fully saturated rings. The van der Waals surface area contributed by atoms with E-state index >= 15 is 4.79 Å². The lowest BCUT2D eigenvalue weighted by molar-refractivity contribution is -0.346. The minimum atomic E-state index is -2.69. The summed E-state index contributed by atoms with van der Waals surface area (Å²) >= 11 is 35.4. The van der Waals surface area contributed by atoms with Gasteiger partial charge < -0.3 is 62.9 Å². The quantitative estimate of drug-likeness (QED) is 0.0739. The highest BCUT2D eigenvalue weighted by molar-refractivity contribution is 6.68. The number of fused-ring (bicyclic) bond motifs is 5. The Bertz CT molecular complexity index is 2440. The summed E-state index contributed by atoms with van der Waals surface area (Å²) in [5.74, 6) is -8.21. The SMILES string of the molecule is CC(=O)O[C@@]12CO[C@@H]1C[C@H](OC(=O)OCC(Cl)(Cl)Cl)[C@@]1(C)C(=O)[C@H](OC(=O)OCC(Cl)(Cl)Cl)C3=C(C)[C@@H](OC(=O)C(OC(=O)CO)C(NC(=O)OC(C)(C)C)C4CC4)C[C@@](O)([C@@H](OC(=O)c4ccccc4)[C@H]21)C3(C)C. The highest BCUT2D eigenvalue weighted by atomic mass is 35.6. The molecule has 0 aromatic heterocycles. The number of aliphatic hydroxyl groups is 2. The van der Waals surface area contributed by atoms with Crippen molar-refractivity contribution in [3.05, 3.63) is 47.0 Å². The van der Waals surface area contributed by atoms with Crippen molar-refractivity contribution in [2.75, 3.05) is 26.4 Å². The fraction of sp³-hybridized carbons (Fsp3) is 0.667. The van der Waals surface area contributed by atoms with E-state index < -0.39 is 177 Å². The number of esters is 4. The molecule has 3 saturated carbocycles. The number of ketones is 1. The molecular formula is C48H57Cl6NO20. The lowest BCUT2D eigenvalue weighted by atomic mass is 9.44. The largest absolute Gasteiger partial charge is 0.509 e. The van der Waals surface area contributed by atoms with Gasteiger partial charge >= 0.3 is 42.3 Å². The van der Waals surface area contributed by atoms with Crippen LogP contribution in [0.4, 0.5) is 14.4 Å². The fourth-order valence-corrected chi connectivity index (χ4v) is 10.9. The van der Waals surface area contributed by atoms with Crippen LogP contribution in [0.25, 0.3) is 0 Å². The summed E-state index contributed by atoms with van der Waals surface area (Å²) in [6.45, 7) is 7.73. The van der Waals surface area contributed by atoms with Crippen LogP contribution in [-0.2, 0) is 66.5 Å². The van der Waals surface area contributed by atoms with Gasteiger partial charge in [-0.25, -0.2) is 28.8 Å². The number of benzene rings is 1. The lowest BCUT2D eigenvalue weighted by Crippen LogP contribution is -2.82. The number of Topliss-reactive ketones (excluding diaryl/α,β-unsaturated/α-hetero) is 1. The van der Waals surface area contributed by atoms with Crippen molar-refractivity contribution in [1.82, 2.24) is 5.32 Å². The second kappa shape index (κ2) is 22.4. The van der Waals surface area contributed by atoms with Gasteiger partial charge in [-0.1, -0.05) is 102 Å². The molecule has 1 aromatic carbocycles. The molecule has 75 heavy (non-hydrogen) atoms. The first-order valence-electron chi connectivity index (χ1n) is 23.4. The molecule has 0 radical (unpaired) electrons. The summed E-state index contributed by atoms with van der Waals surface area (Å²) in [5.41, 5.74) is -10.6. The van der Waals surface area contributed by atoms with E-state index in [1.165, 1.54) is 52.0 Å². The first kappa shape index (κ1) is 60.2. The van der Waals surface area contributed by atoms with E-state index in [2.05, 4.69) is 5.32 Å². The van der Waals surface area contributed by atoms with Crippen LogP contribution in [0.2, 0.25) is 0 Å². The second-order valence-corrected chi connectivity index (χ2v) is 25.7. The van der Waals surface area contributed by atoms with Crippen LogP contribution < -0.4 is 5.32 Å². The number of nitrogens with one attached hydrogen (secondary N) is 1. The van der Waals surface area contributed by atoms with E-state index in [0.29, 0.717) is 12.8 Å². The zero-order valence-corrected chi connectivity index (χ0v) is 46.3.